The van der Waals surface area contributed by atoms with Gasteiger partial charge < -0.3 is 5.32 Å². The Morgan fingerprint density at radius 2 is 1.88 bits per heavy atom. The van der Waals surface area contributed by atoms with Gasteiger partial charge in [0.25, 0.3) is 5.91 Å². The molecule has 0 spiro atoms. The average Bonchev–Trinajstić information content (AvgIpc) is 2.83. The van der Waals surface area contributed by atoms with Crippen molar-refractivity contribution in [3.05, 3.63) is 35.9 Å². The molecule has 16 heavy (non-hydrogen) atoms. The first-order valence-electron chi connectivity index (χ1n) is 6.13. The minimum Gasteiger partial charge on any atom is -0.349 e. The topological polar surface area (TPSA) is 29.1 Å². The van der Waals surface area contributed by atoms with Crippen molar-refractivity contribution in [2.45, 2.75) is 38.6 Å². The summed E-state index contributed by atoms with van der Waals surface area (Å²) in [7, 11) is 0. The van der Waals surface area contributed by atoms with Gasteiger partial charge in [-0.1, -0.05) is 31.0 Å². The van der Waals surface area contributed by atoms with Gasteiger partial charge in [-0.15, -0.1) is 0 Å². The molecule has 0 bridgehead atoms. The molecule has 0 saturated heterocycles. The molecular formula is C14H19NO. The summed E-state index contributed by atoms with van der Waals surface area (Å²) < 4.78 is 0. The molecule has 1 atom stereocenters. The summed E-state index contributed by atoms with van der Waals surface area (Å²) in [6, 6.07) is 9.74. The fourth-order valence-corrected chi connectivity index (χ4v) is 2.45. The predicted molar refractivity (Wildman–Crippen MR) is 65.3 cm³/mol. The van der Waals surface area contributed by atoms with Gasteiger partial charge in [0.15, 0.2) is 0 Å². The van der Waals surface area contributed by atoms with Crippen LogP contribution in [0.4, 0.5) is 0 Å². The van der Waals surface area contributed by atoms with Crippen LogP contribution in [0.3, 0.4) is 0 Å². The Morgan fingerprint density at radius 1 is 1.25 bits per heavy atom. The average molecular weight is 217 g/mol. The third-order valence-electron chi connectivity index (χ3n) is 3.50. The third kappa shape index (κ3) is 2.63. The van der Waals surface area contributed by atoms with Gasteiger partial charge in [-0.2, -0.15) is 0 Å². The Kier molecular flexibility index (Phi) is 3.60. The minimum atomic E-state index is 0.0556. The molecule has 86 valence electrons. The van der Waals surface area contributed by atoms with E-state index in [-0.39, 0.29) is 5.91 Å². The number of hydrogen-bond donors (Lipinski definition) is 1. The van der Waals surface area contributed by atoms with E-state index in [2.05, 4.69) is 12.2 Å². The van der Waals surface area contributed by atoms with Crippen LogP contribution in [0.5, 0.6) is 0 Å². The molecule has 2 heteroatoms. The van der Waals surface area contributed by atoms with E-state index in [4.69, 9.17) is 0 Å². The number of rotatable bonds is 3. The Labute approximate surface area is 97.1 Å². The van der Waals surface area contributed by atoms with Crippen LogP contribution < -0.4 is 5.32 Å². The zero-order valence-corrected chi connectivity index (χ0v) is 9.78. The molecule has 1 fully saturated rings. The molecule has 1 amide bonds. The quantitative estimate of drug-likeness (QED) is 0.828. The van der Waals surface area contributed by atoms with Crippen LogP contribution in [0.15, 0.2) is 30.3 Å². The first-order chi connectivity index (χ1) is 7.77. The van der Waals surface area contributed by atoms with E-state index in [0.717, 1.165) is 5.56 Å². The number of hydrogen-bond acceptors (Lipinski definition) is 1. The van der Waals surface area contributed by atoms with Crippen LogP contribution in [-0.4, -0.2) is 11.9 Å². The van der Waals surface area contributed by atoms with Gasteiger partial charge in [0.2, 0.25) is 0 Å². The SMILES string of the molecule is C[C@H](NC(=O)c1ccccc1)C1CCCC1. The summed E-state index contributed by atoms with van der Waals surface area (Å²) in [6.07, 6.45) is 5.15. The van der Waals surface area contributed by atoms with Crippen molar-refractivity contribution in [3.63, 3.8) is 0 Å². The van der Waals surface area contributed by atoms with E-state index in [9.17, 15) is 4.79 Å². The molecule has 1 N–H and O–H groups in total. The van der Waals surface area contributed by atoms with Crippen LogP contribution in [0.2, 0.25) is 0 Å². The lowest BCUT2D eigenvalue weighted by Crippen LogP contribution is -2.37. The van der Waals surface area contributed by atoms with E-state index >= 15 is 0 Å². The van der Waals surface area contributed by atoms with Crippen LogP contribution in [0.1, 0.15) is 43.0 Å². The Morgan fingerprint density at radius 3 is 2.50 bits per heavy atom. The van der Waals surface area contributed by atoms with Gasteiger partial charge in [0.1, 0.15) is 0 Å². The smallest absolute Gasteiger partial charge is 0.251 e. The highest BCUT2D eigenvalue weighted by Crippen LogP contribution is 2.27. The van der Waals surface area contributed by atoms with E-state index in [1.807, 2.05) is 30.3 Å². The van der Waals surface area contributed by atoms with Gasteiger partial charge in [-0.25, -0.2) is 0 Å². The molecule has 1 saturated carbocycles. The molecule has 0 radical (unpaired) electrons. The Bertz CT molecular complexity index is 341. The molecule has 1 aromatic rings. The van der Waals surface area contributed by atoms with Crippen molar-refractivity contribution in [2.24, 2.45) is 5.92 Å². The number of benzene rings is 1. The van der Waals surface area contributed by atoms with Crippen molar-refractivity contribution < 1.29 is 4.79 Å². The molecule has 1 aromatic carbocycles. The van der Waals surface area contributed by atoms with Crippen molar-refractivity contribution in [1.29, 1.82) is 0 Å². The zero-order chi connectivity index (χ0) is 11.4. The fraction of sp³-hybridized carbons (Fsp3) is 0.500. The molecular weight excluding hydrogens is 198 g/mol. The standard InChI is InChI=1S/C14H19NO/c1-11(12-7-5-6-8-12)15-14(16)13-9-3-2-4-10-13/h2-4,9-12H,5-8H2,1H3,(H,15,16)/t11-/m0/s1. The monoisotopic (exact) mass is 217 g/mol. The fourth-order valence-electron chi connectivity index (χ4n) is 2.45. The van der Waals surface area contributed by atoms with E-state index in [1.54, 1.807) is 0 Å². The van der Waals surface area contributed by atoms with E-state index in [0.29, 0.717) is 12.0 Å². The molecule has 0 aliphatic heterocycles. The van der Waals surface area contributed by atoms with Crippen LogP contribution >= 0.6 is 0 Å². The van der Waals surface area contributed by atoms with Crippen molar-refractivity contribution in [3.8, 4) is 0 Å². The molecule has 0 unspecified atom stereocenters. The zero-order valence-electron chi connectivity index (χ0n) is 9.78. The lowest BCUT2D eigenvalue weighted by atomic mass is 9.99. The summed E-state index contributed by atoms with van der Waals surface area (Å²) in [4.78, 5) is 11.9. The molecule has 2 rings (SSSR count). The minimum absolute atomic E-state index is 0.0556. The summed E-state index contributed by atoms with van der Waals surface area (Å²) >= 11 is 0. The second kappa shape index (κ2) is 5.15. The normalized spacial score (nSPS) is 18.3. The highest BCUT2D eigenvalue weighted by atomic mass is 16.1. The number of amides is 1. The molecule has 0 aromatic heterocycles. The van der Waals surface area contributed by atoms with E-state index < -0.39 is 0 Å². The predicted octanol–water partition coefficient (Wildman–Crippen LogP) is 3.00. The Hall–Kier alpha value is -1.31. The number of carbonyl (C=O) groups is 1. The summed E-state index contributed by atoms with van der Waals surface area (Å²) in [5.41, 5.74) is 0.757. The maximum Gasteiger partial charge on any atom is 0.251 e. The van der Waals surface area contributed by atoms with Crippen LogP contribution in [0.25, 0.3) is 0 Å². The number of nitrogens with one attached hydrogen (secondary N) is 1. The molecule has 0 heterocycles. The maximum absolute atomic E-state index is 11.9. The second-order valence-electron chi connectivity index (χ2n) is 4.67. The van der Waals surface area contributed by atoms with Gasteiger partial charge in [0.05, 0.1) is 0 Å². The van der Waals surface area contributed by atoms with E-state index in [1.165, 1.54) is 25.7 Å². The van der Waals surface area contributed by atoms with Crippen molar-refractivity contribution >= 4 is 5.91 Å². The van der Waals surface area contributed by atoms with Crippen LogP contribution in [-0.2, 0) is 0 Å². The molecule has 1 aliphatic rings. The highest BCUT2D eigenvalue weighted by Gasteiger charge is 2.22. The lowest BCUT2D eigenvalue weighted by Gasteiger charge is -2.20. The maximum atomic E-state index is 11.9. The van der Waals surface area contributed by atoms with Gasteiger partial charge in [-0.3, -0.25) is 4.79 Å². The molecule has 1 aliphatic carbocycles. The van der Waals surface area contributed by atoms with Gasteiger partial charge >= 0.3 is 0 Å². The first kappa shape index (κ1) is 11.2. The van der Waals surface area contributed by atoms with Crippen LogP contribution in [0, 0.1) is 5.92 Å². The van der Waals surface area contributed by atoms with Gasteiger partial charge in [0, 0.05) is 11.6 Å². The van der Waals surface area contributed by atoms with Crippen molar-refractivity contribution in [2.75, 3.05) is 0 Å². The Balaban J connectivity index is 1.92. The third-order valence-corrected chi connectivity index (χ3v) is 3.50. The summed E-state index contributed by atoms with van der Waals surface area (Å²) in [6.45, 7) is 2.12. The van der Waals surface area contributed by atoms with Crippen molar-refractivity contribution in [1.82, 2.24) is 5.32 Å². The first-order valence-corrected chi connectivity index (χ1v) is 6.13. The largest absolute Gasteiger partial charge is 0.349 e. The second-order valence-corrected chi connectivity index (χ2v) is 4.67. The summed E-state index contributed by atoms with van der Waals surface area (Å²) in [5, 5.41) is 3.10. The summed E-state index contributed by atoms with van der Waals surface area (Å²) in [5.74, 6) is 0.729. The highest BCUT2D eigenvalue weighted by molar-refractivity contribution is 5.94. The number of carbonyl (C=O) groups excluding carboxylic acids is 1. The molecule has 2 nitrogen and oxygen atoms in total. The lowest BCUT2D eigenvalue weighted by molar-refractivity contribution is 0.0927. The van der Waals surface area contributed by atoms with Gasteiger partial charge in [-0.05, 0) is 37.8 Å².